The van der Waals surface area contributed by atoms with Crippen molar-refractivity contribution in [2.24, 2.45) is 0 Å². The number of rotatable bonds is 5. The van der Waals surface area contributed by atoms with Crippen molar-refractivity contribution in [3.8, 4) is 11.5 Å². The fourth-order valence-electron chi connectivity index (χ4n) is 1.97. The van der Waals surface area contributed by atoms with Gasteiger partial charge in [-0.2, -0.15) is 0 Å². The standard InChI is InChI=1S/C15H16ClNO4S/c1-10-7-15(21-3)13(9-14(10)20-2)17-22(18,19)12-6-4-5-11(16)8-12/h4-9,17H,1-3H3. The largest absolute Gasteiger partial charge is 0.496 e. The number of nitrogens with one attached hydrogen (secondary N) is 1. The Morgan fingerprint density at radius 2 is 1.73 bits per heavy atom. The van der Waals surface area contributed by atoms with E-state index in [-0.39, 0.29) is 4.90 Å². The Balaban J connectivity index is 2.45. The normalized spacial score (nSPS) is 11.1. The summed E-state index contributed by atoms with van der Waals surface area (Å²) in [5.41, 5.74) is 1.13. The summed E-state index contributed by atoms with van der Waals surface area (Å²) in [6.07, 6.45) is 0. The van der Waals surface area contributed by atoms with Crippen molar-refractivity contribution in [2.75, 3.05) is 18.9 Å². The molecule has 0 atom stereocenters. The first kappa shape index (κ1) is 16.5. The highest BCUT2D eigenvalue weighted by molar-refractivity contribution is 7.92. The van der Waals surface area contributed by atoms with Crippen LogP contribution in [0.3, 0.4) is 0 Å². The van der Waals surface area contributed by atoms with Crippen LogP contribution in [0.15, 0.2) is 41.3 Å². The van der Waals surface area contributed by atoms with Crippen LogP contribution in [0.1, 0.15) is 5.56 Å². The average molecular weight is 342 g/mol. The molecule has 118 valence electrons. The van der Waals surface area contributed by atoms with Gasteiger partial charge in [-0.25, -0.2) is 8.42 Å². The number of hydrogen-bond acceptors (Lipinski definition) is 4. The van der Waals surface area contributed by atoms with Crippen LogP contribution in [0.2, 0.25) is 5.02 Å². The van der Waals surface area contributed by atoms with Crippen LogP contribution in [0.5, 0.6) is 11.5 Å². The fraction of sp³-hybridized carbons (Fsp3) is 0.200. The molecule has 0 aliphatic rings. The molecular formula is C15H16ClNO4S. The van der Waals surface area contributed by atoms with Gasteiger partial charge in [0.15, 0.2) is 0 Å². The second kappa shape index (κ2) is 6.46. The van der Waals surface area contributed by atoms with Gasteiger partial charge in [0.1, 0.15) is 11.5 Å². The maximum absolute atomic E-state index is 12.4. The zero-order chi connectivity index (χ0) is 16.3. The van der Waals surface area contributed by atoms with E-state index < -0.39 is 10.0 Å². The van der Waals surface area contributed by atoms with Crippen LogP contribution >= 0.6 is 11.6 Å². The molecule has 2 aromatic carbocycles. The van der Waals surface area contributed by atoms with E-state index in [4.69, 9.17) is 21.1 Å². The zero-order valence-corrected chi connectivity index (χ0v) is 14.0. The van der Waals surface area contributed by atoms with Crippen LogP contribution in [0, 0.1) is 6.92 Å². The molecule has 0 aliphatic heterocycles. The predicted octanol–water partition coefficient (Wildman–Crippen LogP) is 3.47. The lowest BCUT2D eigenvalue weighted by Gasteiger charge is -2.15. The lowest BCUT2D eigenvalue weighted by atomic mass is 10.2. The van der Waals surface area contributed by atoms with Crippen molar-refractivity contribution in [1.82, 2.24) is 0 Å². The molecule has 22 heavy (non-hydrogen) atoms. The Hall–Kier alpha value is -1.92. The number of ether oxygens (including phenoxy) is 2. The molecule has 2 aromatic rings. The molecule has 0 unspecified atom stereocenters. The van der Waals surface area contributed by atoms with Gasteiger partial charge in [0.2, 0.25) is 0 Å². The van der Waals surface area contributed by atoms with Gasteiger partial charge in [0, 0.05) is 11.1 Å². The number of methoxy groups -OCH3 is 2. The number of halogens is 1. The third-order valence-electron chi connectivity index (χ3n) is 3.07. The summed E-state index contributed by atoms with van der Waals surface area (Å²) in [5, 5.41) is 0.344. The van der Waals surface area contributed by atoms with Crippen molar-refractivity contribution in [3.63, 3.8) is 0 Å². The molecule has 0 saturated carbocycles. The van der Waals surface area contributed by atoms with Crippen LogP contribution < -0.4 is 14.2 Å². The van der Waals surface area contributed by atoms with Gasteiger partial charge in [-0.15, -0.1) is 0 Å². The van der Waals surface area contributed by atoms with Gasteiger partial charge in [0.05, 0.1) is 24.8 Å². The second-order valence-corrected chi connectivity index (χ2v) is 6.70. The monoisotopic (exact) mass is 341 g/mol. The second-order valence-electron chi connectivity index (χ2n) is 4.58. The number of hydrogen-bond donors (Lipinski definition) is 1. The van der Waals surface area contributed by atoms with Gasteiger partial charge in [0.25, 0.3) is 10.0 Å². The summed E-state index contributed by atoms with van der Waals surface area (Å²) in [6, 6.07) is 9.30. The van der Waals surface area contributed by atoms with Crippen molar-refractivity contribution in [2.45, 2.75) is 11.8 Å². The molecule has 1 N–H and O–H groups in total. The van der Waals surface area contributed by atoms with Crippen LogP contribution in [-0.4, -0.2) is 22.6 Å². The minimum atomic E-state index is -3.78. The number of sulfonamides is 1. The summed E-state index contributed by atoms with van der Waals surface area (Å²) in [4.78, 5) is 0.0709. The lowest BCUT2D eigenvalue weighted by Crippen LogP contribution is -2.14. The Morgan fingerprint density at radius 1 is 1.05 bits per heavy atom. The van der Waals surface area contributed by atoms with E-state index in [0.29, 0.717) is 22.2 Å². The maximum atomic E-state index is 12.4. The molecule has 7 heteroatoms. The summed E-state index contributed by atoms with van der Waals surface area (Å²) < 4.78 is 37.8. The Labute approximate surface area is 134 Å². The molecule has 0 fully saturated rings. The van der Waals surface area contributed by atoms with Gasteiger partial charge >= 0.3 is 0 Å². The van der Waals surface area contributed by atoms with Crippen molar-refractivity contribution in [1.29, 1.82) is 0 Å². The van der Waals surface area contributed by atoms with E-state index in [1.54, 1.807) is 24.3 Å². The first-order valence-corrected chi connectivity index (χ1v) is 8.24. The molecular weight excluding hydrogens is 326 g/mol. The third-order valence-corrected chi connectivity index (χ3v) is 4.67. The summed E-state index contributed by atoms with van der Waals surface area (Å²) in [7, 11) is -0.788. The Morgan fingerprint density at radius 3 is 2.32 bits per heavy atom. The lowest BCUT2D eigenvalue weighted by molar-refractivity contribution is 0.402. The summed E-state index contributed by atoms with van der Waals surface area (Å²) >= 11 is 5.84. The van der Waals surface area contributed by atoms with E-state index in [1.807, 2.05) is 6.92 Å². The molecule has 2 rings (SSSR count). The SMILES string of the molecule is COc1cc(NS(=O)(=O)c2cccc(Cl)c2)c(OC)cc1C. The Bertz CT molecular complexity index is 790. The molecule has 0 aliphatic carbocycles. The molecule has 0 saturated heterocycles. The highest BCUT2D eigenvalue weighted by Crippen LogP contribution is 2.34. The molecule has 0 radical (unpaired) electrons. The van der Waals surface area contributed by atoms with Gasteiger partial charge in [-0.3, -0.25) is 4.72 Å². The van der Waals surface area contributed by atoms with E-state index in [0.717, 1.165) is 5.56 Å². The average Bonchev–Trinajstić information content (AvgIpc) is 2.48. The highest BCUT2D eigenvalue weighted by atomic mass is 35.5. The van der Waals surface area contributed by atoms with Crippen LogP contribution in [0.25, 0.3) is 0 Å². The first-order valence-electron chi connectivity index (χ1n) is 6.38. The zero-order valence-electron chi connectivity index (χ0n) is 12.4. The minimum absolute atomic E-state index is 0.0709. The van der Waals surface area contributed by atoms with Crippen LogP contribution in [0.4, 0.5) is 5.69 Å². The first-order chi connectivity index (χ1) is 10.4. The molecule has 0 amide bonds. The van der Waals surface area contributed by atoms with E-state index in [9.17, 15) is 8.42 Å². The fourth-order valence-corrected chi connectivity index (χ4v) is 3.33. The highest BCUT2D eigenvalue weighted by Gasteiger charge is 2.18. The van der Waals surface area contributed by atoms with Gasteiger partial charge in [-0.1, -0.05) is 17.7 Å². The smallest absolute Gasteiger partial charge is 0.262 e. The molecule has 0 spiro atoms. The Kier molecular flexibility index (Phi) is 4.83. The van der Waals surface area contributed by atoms with E-state index in [1.165, 1.54) is 26.4 Å². The van der Waals surface area contributed by atoms with Gasteiger partial charge in [-0.05, 0) is 36.8 Å². The maximum Gasteiger partial charge on any atom is 0.262 e. The number of anilines is 1. The molecule has 0 heterocycles. The quantitative estimate of drug-likeness (QED) is 0.904. The molecule has 5 nitrogen and oxygen atoms in total. The van der Waals surface area contributed by atoms with Crippen molar-refractivity contribution in [3.05, 3.63) is 47.0 Å². The van der Waals surface area contributed by atoms with Crippen molar-refractivity contribution >= 4 is 27.3 Å². The molecule has 0 aromatic heterocycles. The summed E-state index contributed by atoms with van der Waals surface area (Å²) in [6.45, 7) is 1.84. The van der Waals surface area contributed by atoms with Gasteiger partial charge < -0.3 is 9.47 Å². The van der Waals surface area contributed by atoms with Crippen molar-refractivity contribution < 1.29 is 17.9 Å². The number of benzene rings is 2. The van der Waals surface area contributed by atoms with E-state index >= 15 is 0 Å². The third kappa shape index (κ3) is 3.45. The summed E-state index contributed by atoms with van der Waals surface area (Å²) in [5.74, 6) is 0.966. The van der Waals surface area contributed by atoms with Crippen LogP contribution in [-0.2, 0) is 10.0 Å². The predicted molar refractivity (Wildman–Crippen MR) is 86.5 cm³/mol. The molecule has 0 bridgehead atoms. The minimum Gasteiger partial charge on any atom is -0.496 e. The number of aryl methyl sites for hydroxylation is 1. The van der Waals surface area contributed by atoms with E-state index in [2.05, 4.69) is 4.72 Å². The topological polar surface area (TPSA) is 64.6 Å².